The van der Waals surface area contributed by atoms with Crippen LogP contribution in [0.3, 0.4) is 0 Å². The molecule has 0 atom stereocenters. The van der Waals surface area contributed by atoms with Crippen molar-refractivity contribution in [2.75, 3.05) is 12.4 Å². The van der Waals surface area contributed by atoms with Crippen LogP contribution in [0.5, 0.6) is 5.88 Å². The zero-order valence-electron chi connectivity index (χ0n) is 19.8. The minimum absolute atomic E-state index is 0.125. The molecule has 3 aromatic heterocycles. The van der Waals surface area contributed by atoms with Crippen LogP contribution in [0.2, 0.25) is 10.0 Å². The van der Waals surface area contributed by atoms with Gasteiger partial charge >= 0.3 is 5.69 Å². The van der Waals surface area contributed by atoms with Gasteiger partial charge in [-0.2, -0.15) is 0 Å². The van der Waals surface area contributed by atoms with Gasteiger partial charge < -0.3 is 14.6 Å². The maximum atomic E-state index is 12.9. The van der Waals surface area contributed by atoms with Crippen LogP contribution in [0.4, 0.5) is 5.69 Å². The molecular weight excluding hydrogens is 521 g/mol. The number of carbonyl (C=O) groups excluding carboxylic acids is 2. The fourth-order valence-corrected chi connectivity index (χ4v) is 4.18. The molecule has 0 aliphatic rings. The molecule has 188 valence electrons. The number of benzene rings is 1. The number of nitrogens with one attached hydrogen (secondary N) is 1. The van der Waals surface area contributed by atoms with Crippen LogP contribution in [0.1, 0.15) is 20.7 Å². The summed E-state index contributed by atoms with van der Waals surface area (Å²) < 4.78 is 7.17. The van der Waals surface area contributed by atoms with Gasteiger partial charge in [0.05, 0.1) is 39.8 Å². The minimum Gasteiger partial charge on any atom is -0.480 e. The van der Waals surface area contributed by atoms with Crippen LogP contribution < -0.4 is 21.3 Å². The standard InChI is InChI=1S/C25H19Cl2N5O5/c1-31-11-16(24(35)32(2)25(31)36)22(34)29-18-6-4-5-15(20(18)27)19-10-13(7-8-28-19)21-17(26)9-14(12-33)23(30-21)37-3/h4-12H,1-3H3,(H,29,34). The van der Waals surface area contributed by atoms with Crippen molar-refractivity contribution in [2.24, 2.45) is 14.1 Å². The van der Waals surface area contributed by atoms with E-state index in [4.69, 9.17) is 27.9 Å². The first-order valence-electron chi connectivity index (χ1n) is 10.7. The van der Waals surface area contributed by atoms with Crippen molar-refractivity contribution in [1.82, 2.24) is 19.1 Å². The molecule has 37 heavy (non-hydrogen) atoms. The average molecular weight is 540 g/mol. The molecule has 0 saturated carbocycles. The second kappa shape index (κ2) is 10.4. The highest BCUT2D eigenvalue weighted by Gasteiger charge is 2.19. The molecule has 0 bridgehead atoms. The fraction of sp³-hybridized carbons (Fsp3) is 0.120. The van der Waals surface area contributed by atoms with E-state index in [-0.39, 0.29) is 32.7 Å². The van der Waals surface area contributed by atoms with E-state index in [0.717, 1.165) is 9.13 Å². The predicted octanol–water partition coefficient (Wildman–Crippen LogP) is 3.59. The number of hydrogen-bond acceptors (Lipinski definition) is 7. The zero-order chi connectivity index (χ0) is 26.9. The SMILES string of the molecule is COc1nc(-c2ccnc(-c3cccc(NC(=O)c4cn(C)c(=O)n(C)c4=O)c3Cl)c2)c(Cl)cc1C=O. The number of aldehydes is 1. The topological polar surface area (TPSA) is 125 Å². The quantitative estimate of drug-likeness (QED) is 0.371. The molecule has 0 fully saturated rings. The summed E-state index contributed by atoms with van der Waals surface area (Å²) in [7, 11) is 4.13. The molecule has 10 nitrogen and oxygen atoms in total. The molecule has 0 spiro atoms. The number of hydrogen-bond donors (Lipinski definition) is 1. The summed E-state index contributed by atoms with van der Waals surface area (Å²) in [4.78, 5) is 57.2. The number of aryl methyl sites for hydroxylation is 1. The number of rotatable bonds is 6. The third-order valence-corrected chi connectivity index (χ3v) is 6.23. The predicted molar refractivity (Wildman–Crippen MR) is 140 cm³/mol. The molecule has 4 aromatic rings. The Morgan fingerprint density at radius 3 is 2.59 bits per heavy atom. The van der Waals surface area contributed by atoms with Crippen LogP contribution in [0.25, 0.3) is 22.5 Å². The third-order valence-electron chi connectivity index (χ3n) is 5.54. The van der Waals surface area contributed by atoms with Crippen molar-refractivity contribution in [3.05, 3.63) is 90.8 Å². The van der Waals surface area contributed by atoms with E-state index < -0.39 is 17.2 Å². The Kier molecular flexibility index (Phi) is 7.23. The first-order chi connectivity index (χ1) is 17.7. The number of anilines is 1. The molecule has 0 aliphatic carbocycles. The van der Waals surface area contributed by atoms with Crippen LogP contribution in [0.15, 0.2) is 58.4 Å². The normalized spacial score (nSPS) is 10.7. The number of aromatic nitrogens is 4. The first-order valence-corrected chi connectivity index (χ1v) is 11.4. The van der Waals surface area contributed by atoms with Gasteiger partial charge in [-0.1, -0.05) is 35.3 Å². The fourth-order valence-electron chi connectivity index (χ4n) is 3.64. The van der Waals surface area contributed by atoms with Gasteiger partial charge in [0.1, 0.15) is 5.56 Å². The van der Waals surface area contributed by atoms with Crippen molar-refractivity contribution >= 4 is 41.1 Å². The van der Waals surface area contributed by atoms with Crippen molar-refractivity contribution < 1.29 is 14.3 Å². The van der Waals surface area contributed by atoms with E-state index >= 15 is 0 Å². The van der Waals surface area contributed by atoms with Crippen LogP contribution >= 0.6 is 23.2 Å². The Labute approximate surface area is 220 Å². The minimum atomic E-state index is -0.734. The number of amides is 1. The lowest BCUT2D eigenvalue weighted by molar-refractivity contribution is 0.102. The van der Waals surface area contributed by atoms with E-state index in [1.807, 2.05) is 0 Å². The Balaban J connectivity index is 1.72. The second-order valence-corrected chi connectivity index (χ2v) is 8.67. The first kappa shape index (κ1) is 25.8. The van der Waals surface area contributed by atoms with Gasteiger partial charge in [-0.05, 0) is 24.3 Å². The number of halogens is 2. The van der Waals surface area contributed by atoms with E-state index in [1.54, 1.807) is 36.5 Å². The summed E-state index contributed by atoms with van der Waals surface area (Å²) in [6.07, 6.45) is 3.31. The Hall–Kier alpha value is -4.28. The average Bonchev–Trinajstić information content (AvgIpc) is 2.90. The van der Waals surface area contributed by atoms with Gasteiger partial charge in [-0.3, -0.25) is 23.9 Å². The largest absolute Gasteiger partial charge is 0.480 e. The maximum absolute atomic E-state index is 12.9. The smallest absolute Gasteiger partial charge is 0.330 e. The van der Waals surface area contributed by atoms with Crippen molar-refractivity contribution in [1.29, 1.82) is 0 Å². The molecular formula is C25H19Cl2N5O5. The van der Waals surface area contributed by atoms with Gasteiger partial charge in [0.2, 0.25) is 5.88 Å². The Bertz CT molecular complexity index is 1680. The molecule has 4 rings (SSSR count). The number of methoxy groups -OCH3 is 1. The second-order valence-electron chi connectivity index (χ2n) is 7.89. The highest BCUT2D eigenvalue weighted by Crippen LogP contribution is 2.36. The van der Waals surface area contributed by atoms with Crippen molar-refractivity contribution in [3.63, 3.8) is 0 Å². The number of carbonyl (C=O) groups is 2. The Morgan fingerprint density at radius 1 is 1.14 bits per heavy atom. The lowest BCUT2D eigenvalue weighted by Crippen LogP contribution is -2.40. The van der Waals surface area contributed by atoms with Crippen molar-refractivity contribution in [2.45, 2.75) is 0 Å². The molecule has 0 unspecified atom stereocenters. The summed E-state index contributed by atoms with van der Waals surface area (Å²) in [5, 5.41) is 3.04. The van der Waals surface area contributed by atoms with Gasteiger partial charge in [0.25, 0.3) is 11.5 Å². The molecule has 12 heteroatoms. The number of ether oxygens (including phenoxy) is 1. The van der Waals surface area contributed by atoms with E-state index in [0.29, 0.717) is 28.8 Å². The lowest BCUT2D eigenvalue weighted by Gasteiger charge is -2.13. The molecule has 1 N–H and O–H groups in total. The monoisotopic (exact) mass is 539 g/mol. The van der Waals surface area contributed by atoms with Crippen molar-refractivity contribution in [3.8, 4) is 28.4 Å². The third kappa shape index (κ3) is 4.89. The van der Waals surface area contributed by atoms with Gasteiger partial charge in [0.15, 0.2) is 6.29 Å². The van der Waals surface area contributed by atoms with Crippen LogP contribution in [-0.4, -0.2) is 38.4 Å². The van der Waals surface area contributed by atoms with Gasteiger partial charge in [-0.25, -0.2) is 9.78 Å². The van der Waals surface area contributed by atoms with Crippen LogP contribution in [0, 0.1) is 0 Å². The Morgan fingerprint density at radius 2 is 1.89 bits per heavy atom. The summed E-state index contributed by atoms with van der Waals surface area (Å²) in [6, 6.07) is 9.79. The maximum Gasteiger partial charge on any atom is 0.330 e. The summed E-state index contributed by atoms with van der Waals surface area (Å²) in [5.41, 5.74) is 0.840. The molecule has 1 aromatic carbocycles. The highest BCUT2D eigenvalue weighted by molar-refractivity contribution is 6.36. The summed E-state index contributed by atoms with van der Waals surface area (Å²) in [5.74, 6) is -0.602. The van der Waals surface area contributed by atoms with E-state index in [2.05, 4.69) is 15.3 Å². The van der Waals surface area contributed by atoms with E-state index in [9.17, 15) is 19.2 Å². The molecule has 0 aliphatic heterocycles. The molecule has 0 saturated heterocycles. The zero-order valence-corrected chi connectivity index (χ0v) is 21.3. The van der Waals surface area contributed by atoms with Gasteiger partial charge in [-0.15, -0.1) is 0 Å². The number of nitrogens with zero attached hydrogens (tertiary/aromatic N) is 4. The molecule has 0 radical (unpaired) electrons. The summed E-state index contributed by atoms with van der Waals surface area (Å²) >= 11 is 13.0. The summed E-state index contributed by atoms with van der Waals surface area (Å²) in [6.45, 7) is 0. The number of pyridine rings is 2. The van der Waals surface area contributed by atoms with Gasteiger partial charge in [0, 0.05) is 37.6 Å². The molecule has 1 amide bonds. The molecule has 3 heterocycles. The highest BCUT2D eigenvalue weighted by atomic mass is 35.5. The van der Waals surface area contributed by atoms with E-state index in [1.165, 1.54) is 33.5 Å². The van der Waals surface area contributed by atoms with Crippen LogP contribution in [-0.2, 0) is 14.1 Å². The lowest BCUT2D eigenvalue weighted by atomic mass is 10.1.